The van der Waals surface area contributed by atoms with Gasteiger partial charge < -0.3 is 13.7 Å². The molecule has 0 amide bonds. The van der Waals surface area contributed by atoms with Gasteiger partial charge in [-0.2, -0.15) is 12.1 Å². The van der Waals surface area contributed by atoms with E-state index >= 15 is 0 Å². The minimum Gasteiger partial charge on any atom is -0.358 e. The summed E-state index contributed by atoms with van der Waals surface area (Å²) in [5.74, 6) is 1.69. The molecule has 0 saturated carbocycles. The maximum Gasteiger partial charge on any atom is 2.00 e. The number of aromatic nitrogens is 7. The van der Waals surface area contributed by atoms with Gasteiger partial charge in [0.05, 0.1) is 34.0 Å². The van der Waals surface area contributed by atoms with Gasteiger partial charge in [0.1, 0.15) is 0 Å². The van der Waals surface area contributed by atoms with Crippen molar-refractivity contribution in [1.29, 1.82) is 0 Å². The molecular weight excluding hydrogens is 798 g/mol. The van der Waals surface area contributed by atoms with Gasteiger partial charge in [-0.25, -0.2) is 9.97 Å². The first-order valence-electron chi connectivity index (χ1n) is 16.3. The Morgan fingerprint density at radius 2 is 1.22 bits per heavy atom. The van der Waals surface area contributed by atoms with E-state index < -0.39 is 0 Å². The summed E-state index contributed by atoms with van der Waals surface area (Å²) in [6.45, 7) is 0. The molecule has 6 aromatic carbocycles. The number of fused-ring (bicyclic) bond motifs is 9. The standard InChI is InChI=1S/C42H25N7.Pt/c1-2-11-28(12-3-1)40-27-43-41-45(23-24-46(40)41)29-13-10-14-30(25-29)47-35-17-6-4-15-32(35)33-22-21-31(26-39(33)47)48-37-19-8-9-20-38(37)49-36-18-7-5-16-34(36)44-42(48)49;/h1-24,27H;/q-2;+2. The van der Waals surface area contributed by atoms with E-state index in [-0.39, 0.29) is 21.1 Å². The third-order valence-corrected chi connectivity index (χ3v) is 9.61. The zero-order valence-electron chi connectivity index (χ0n) is 26.4. The molecule has 50 heavy (non-hydrogen) atoms. The molecule has 5 aromatic heterocycles. The Hall–Kier alpha value is -6.17. The summed E-state index contributed by atoms with van der Waals surface area (Å²) < 4.78 is 10.9. The smallest absolute Gasteiger partial charge is 0.358 e. The first-order valence-corrected chi connectivity index (χ1v) is 16.3. The zero-order valence-corrected chi connectivity index (χ0v) is 28.7. The molecule has 7 nitrogen and oxygen atoms in total. The monoisotopic (exact) mass is 822 g/mol. The van der Waals surface area contributed by atoms with Crippen molar-refractivity contribution in [3.63, 3.8) is 0 Å². The van der Waals surface area contributed by atoms with Crippen molar-refractivity contribution in [2.24, 2.45) is 0 Å². The van der Waals surface area contributed by atoms with Crippen LogP contribution in [0.2, 0.25) is 0 Å². The van der Waals surface area contributed by atoms with Crippen LogP contribution in [0.3, 0.4) is 0 Å². The van der Waals surface area contributed by atoms with E-state index in [0.717, 1.165) is 83.7 Å². The molecule has 0 aliphatic heterocycles. The fourth-order valence-corrected chi connectivity index (χ4v) is 7.45. The number of hydrogen-bond donors (Lipinski definition) is 0. The average molecular weight is 823 g/mol. The van der Waals surface area contributed by atoms with Crippen LogP contribution in [0, 0.1) is 12.1 Å². The van der Waals surface area contributed by atoms with Gasteiger partial charge >= 0.3 is 21.1 Å². The number of benzene rings is 6. The van der Waals surface area contributed by atoms with E-state index in [9.17, 15) is 0 Å². The second-order valence-electron chi connectivity index (χ2n) is 12.3. The summed E-state index contributed by atoms with van der Waals surface area (Å²) in [6.07, 6.45) is 6.05. The van der Waals surface area contributed by atoms with E-state index in [2.05, 4.69) is 168 Å². The molecule has 0 radical (unpaired) electrons. The molecular formula is C42H25N7Pt. The number of nitrogens with zero attached hydrogens (tertiary/aromatic N) is 7. The predicted octanol–water partition coefficient (Wildman–Crippen LogP) is 9.23. The van der Waals surface area contributed by atoms with E-state index in [1.807, 2.05) is 18.3 Å². The van der Waals surface area contributed by atoms with Crippen LogP contribution >= 0.6 is 0 Å². The molecule has 0 fully saturated rings. The average Bonchev–Trinajstić information content (AvgIpc) is 3.96. The van der Waals surface area contributed by atoms with Crippen LogP contribution in [0.15, 0.2) is 152 Å². The second kappa shape index (κ2) is 10.9. The van der Waals surface area contributed by atoms with Crippen LogP contribution in [0.1, 0.15) is 0 Å². The van der Waals surface area contributed by atoms with Crippen LogP contribution in [-0.2, 0) is 21.1 Å². The number of para-hydroxylation sites is 5. The Morgan fingerprint density at radius 1 is 0.500 bits per heavy atom. The summed E-state index contributed by atoms with van der Waals surface area (Å²) in [5.41, 5.74) is 11.2. The molecule has 0 unspecified atom stereocenters. The minimum absolute atomic E-state index is 0. The maximum absolute atomic E-state index is 5.10. The molecule has 0 spiro atoms. The summed E-state index contributed by atoms with van der Waals surface area (Å²) in [7, 11) is 0. The van der Waals surface area contributed by atoms with Crippen molar-refractivity contribution < 1.29 is 21.1 Å². The molecule has 0 saturated heterocycles. The Morgan fingerprint density at radius 3 is 2.10 bits per heavy atom. The van der Waals surface area contributed by atoms with E-state index in [0.29, 0.717) is 0 Å². The maximum atomic E-state index is 5.10. The van der Waals surface area contributed by atoms with Gasteiger partial charge in [0.2, 0.25) is 11.6 Å². The molecule has 238 valence electrons. The van der Waals surface area contributed by atoms with Gasteiger partial charge in [-0.15, -0.1) is 35.7 Å². The minimum atomic E-state index is 0. The number of rotatable bonds is 4. The summed E-state index contributed by atoms with van der Waals surface area (Å²) >= 11 is 0. The Bertz CT molecular complexity index is 3060. The van der Waals surface area contributed by atoms with Crippen molar-refractivity contribution in [3.8, 4) is 28.3 Å². The van der Waals surface area contributed by atoms with Crippen LogP contribution in [0.25, 0.3) is 83.7 Å². The van der Waals surface area contributed by atoms with Crippen LogP contribution in [-0.4, -0.2) is 32.5 Å². The van der Waals surface area contributed by atoms with Gasteiger partial charge in [-0.1, -0.05) is 95.4 Å². The molecule has 11 rings (SSSR count). The molecule has 8 heteroatoms. The summed E-state index contributed by atoms with van der Waals surface area (Å²) in [4.78, 5) is 9.91. The third kappa shape index (κ3) is 4.01. The topological polar surface area (TPSA) is 49.4 Å². The van der Waals surface area contributed by atoms with Crippen molar-refractivity contribution in [2.45, 2.75) is 0 Å². The fraction of sp³-hybridized carbons (Fsp3) is 0. The largest absolute Gasteiger partial charge is 2.00 e. The van der Waals surface area contributed by atoms with Crippen molar-refractivity contribution in [2.75, 3.05) is 0 Å². The van der Waals surface area contributed by atoms with Crippen LogP contribution < -0.4 is 0 Å². The zero-order chi connectivity index (χ0) is 32.1. The SMILES string of the molecule is [Pt+2].[c-]1c(-n2ccn3c(-c4ccccc4)cnc23)cccc1-n1c2[c-]c(-n3c4ccccc4n4c5ccccc5nc34)ccc2c2ccccc21. The molecule has 5 heterocycles. The van der Waals surface area contributed by atoms with Crippen molar-refractivity contribution in [3.05, 3.63) is 164 Å². The number of imidazole rings is 4. The molecule has 0 atom stereocenters. The predicted molar refractivity (Wildman–Crippen MR) is 195 cm³/mol. The Balaban J connectivity index is 0.00000316. The van der Waals surface area contributed by atoms with Gasteiger partial charge in [0, 0.05) is 23.5 Å². The third-order valence-electron chi connectivity index (χ3n) is 9.61. The van der Waals surface area contributed by atoms with Gasteiger partial charge in [0.25, 0.3) is 0 Å². The quantitative estimate of drug-likeness (QED) is 0.166. The van der Waals surface area contributed by atoms with Gasteiger partial charge in [0.15, 0.2) is 0 Å². The Labute approximate surface area is 300 Å². The Kier molecular flexibility index (Phi) is 6.29. The first kappa shape index (κ1) is 28.8. The van der Waals surface area contributed by atoms with E-state index in [1.165, 1.54) is 0 Å². The summed E-state index contributed by atoms with van der Waals surface area (Å²) in [6, 6.07) is 53.9. The van der Waals surface area contributed by atoms with E-state index in [4.69, 9.17) is 9.97 Å². The molecule has 11 aromatic rings. The van der Waals surface area contributed by atoms with Crippen LogP contribution in [0.5, 0.6) is 0 Å². The first-order chi connectivity index (χ1) is 24.3. The van der Waals surface area contributed by atoms with E-state index in [1.54, 1.807) is 0 Å². The molecule has 0 aliphatic rings. The normalized spacial score (nSPS) is 11.8. The second-order valence-corrected chi connectivity index (χ2v) is 12.3. The van der Waals surface area contributed by atoms with Gasteiger partial charge in [-0.3, -0.25) is 8.80 Å². The van der Waals surface area contributed by atoms with Gasteiger partial charge in [-0.05, 0) is 35.7 Å². The number of hydrogen-bond acceptors (Lipinski definition) is 2. The fourth-order valence-electron chi connectivity index (χ4n) is 7.45. The molecule has 0 bridgehead atoms. The van der Waals surface area contributed by atoms with Crippen LogP contribution in [0.4, 0.5) is 0 Å². The molecule has 0 N–H and O–H groups in total. The van der Waals surface area contributed by atoms with Crippen molar-refractivity contribution in [1.82, 2.24) is 32.5 Å². The van der Waals surface area contributed by atoms with Crippen molar-refractivity contribution >= 4 is 55.4 Å². The molecule has 0 aliphatic carbocycles. The summed E-state index contributed by atoms with van der Waals surface area (Å²) in [5, 5.41) is 2.29.